The highest BCUT2D eigenvalue weighted by atomic mass is 32.1. The van der Waals surface area contributed by atoms with E-state index in [4.69, 9.17) is 0 Å². The van der Waals surface area contributed by atoms with Gasteiger partial charge in [0.2, 0.25) is 0 Å². The summed E-state index contributed by atoms with van der Waals surface area (Å²) >= 11 is 1.07. The summed E-state index contributed by atoms with van der Waals surface area (Å²) in [5.41, 5.74) is 0.467. The van der Waals surface area contributed by atoms with Crippen LogP contribution < -0.4 is 0 Å². The van der Waals surface area contributed by atoms with Crippen LogP contribution >= 0.6 is 11.7 Å². The summed E-state index contributed by atoms with van der Waals surface area (Å²) in [6.07, 6.45) is 3.77. The molecule has 1 aliphatic carbocycles. The Bertz CT molecular complexity index is 281. The van der Waals surface area contributed by atoms with E-state index in [1.54, 1.807) is 4.90 Å². The van der Waals surface area contributed by atoms with Gasteiger partial charge in [-0.05, 0) is 12.8 Å². The molecule has 4 nitrogen and oxygen atoms in total. The van der Waals surface area contributed by atoms with Gasteiger partial charge < -0.3 is 4.90 Å². The molecule has 0 aromatic carbocycles. The van der Waals surface area contributed by atoms with Gasteiger partial charge in [0.1, 0.15) is 0 Å². The molecule has 1 saturated carbocycles. The highest BCUT2D eigenvalue weighted by Crippen LogP contribution is 2.26. The number of hydrogen-bond donors (Lipinski definition) is 0. The van der Waals surface area contributed by atoms with Crippen LogP contribution in [-0.2, 0) is 0 Å². The van der Waals surface area contributed by atoms with Gasteiger partial charge in [0, 0.05) is 13.1 Å². The summed E-state index contributed by atoms with van der Waals surface area (Å²) < 4.78 is 7.68. The molecule has 0 spiro atoms. The van der Waals surface area contributed by atoms with Crippen molar-refractivity contribution < 1.29 is 4.79 Å². The summed E-state index contributed by atoms with van der Waals surface area (Å²) in [4.78, 5) is 13.3. The first-order chi connectivity index (χ1) is 5.79. The SMILES string of the molecule is CN(C(=O)c1cnsn1)C1CC1. The molecule has 1 amide bonds. The Morgan fingerprint density at radius 1 is 1.75 bits per heavy atom. The second-order valence-corrected chi connectivity index (χ2v) is 3.50. The molecule has 0 aliphatic heterocycles. The lowest BCUT2D eigenvalue weighted by Gasteiger charge is -2.13. The van der Waals surface area contributed by atoms with E-state index in [-0.39, 0.29) is 5.91 Å². The fraction of sp³-hybridized carbons (Fsp3) is 0.571. The average molecular weight is 183 g/mol. The quantitative estimate of drug-likeness (QED) is 0.680. The molecule has 1 heterocycles. The third kappa shape index (κ3) is 1.32. The Morgan fingerprint density at radius 3 is 3.00 bits per heavy atom. The van der Waals surface area contributed by atoms with Crippen molar-refractivity contribution in [3.05, 3.63) is 11.9 Å². The normalized spacial score (nSPS) is 16.1. The van der Waals surface area contributed by atoms with Gasteiger partial charge in [0.15, 0.2) is 5.69 Å². The van der Waals surface area contributed by atoms with Crippen LogP contribution in [0, 0.1) is 0 Å². The molecule has 0 unspecified atom stereocenters. The van der Waals surface area contributed by atoms with E-state index >= 15 is 0 Å². The van der Waals surface area contributed by atoms with Gasteiger partial charge in [0.05, 0.1) is 17.9 Å². The van der Waals surface area contributed by atoms with Crippen molar-refractivity contribution in [3.8, 4) is 0 Å². The van der Waals surface area contributed by atoms with Crippen LogP contribution in [0.15, 0.2) is 6.20 Å². The van der Waals surface area contributed by atoms with Crippen LogP contribution in [0.1, 0.15) is 23.3 Å². The zero-order valence-electron chi connectivity index (χ0n) is 6.73. The van der Waals surface area contributed by atoms with Gasteiger partial charge in [-0.1, -0.05) is 0 Å². The number of carbonyl (C=O) groups is 1. The monoisotopic (exact) mass is 183 g/mol. The van der Waals surface area contributed by atoms with Crippen LogP contribution in [-0.4, -0.2) is 32.6 Å². The predicted octanol–water partition coefficient (Wildman–Crippen LogP) is 0.772. The minimum Gasteiger partial charge on any atom is -0.337 e. The molecule has 0 bridgehead atoms. The van der Waals surface area contributed by atoms with E-state index in [0.29, 0.717) is 11.7 Å². The van der Waals surface area contributed by atoms with Crippen molar-refractivity contribution in [3.63, 3.8) is 0 Å². The molecule has 0 atom stereocenters. The zero-order valence-corrected chi connectivity index (χ0v) is 7.54. The van der Waals surface area contributed by atoms with Crippen LogP contribution in [0.3, 0.4) is 0 Å². The molecule has 2 rings (SSSR count). The molecule has 1 fully saturated rings. The molecule has 0 N–H and O–H groups in total. The Hall–Kier alpha value is -0.970. The number of amides is 1. The largest absolute Gasteiger partial charge is 0.337 e. The summed E-state index contributed by atoms with van der Waals surface area (Å²) in [6.45, 7) is 0. The second kappa shape index (κ2) is 2.82. The number of rotatable bonds is 2. The smallest absolute Gasteiger partial charge is 0.275 e. The Labute approximate surface area is 74.5 Å². The van der Waals surface area contributed by atoms with Crippen LogP contribution in [0.5, 0.6) is 0 Å². The number of nitrogens with zero attached hydrogens (tertiary/aromatic N) is 3. The second-order valence-electron chi connectivity index (χ2n) is 2.94. The van der Waals surface area contributed by atoms with Gasteiger partial charge in [-0.25, -0.2) is 0 Å². The van der Waals surface area contributed by atoms with Gasteiger partial charge in [-0.2, -0.15) is 8.75 Å². The highest BCUT2D eigenvalue weighted by Gasteiger charge is 2.30. The first kappa shape index (κ1) is 7.67. The molecule has 0 saturated heterocycles. The average Bonchev–Trinajstić information content (AvgIpc) is 2.79. The first-order valence-corrected chi connectivity index (χ1v) is 4.57. The standard InChI is InChI=1S/C7H9N3OS/c1-10(5-2-3-5)7(11)6-4-8-12-9-6/h4-5H,2-3H2,1H3. The van der Waals surface area contributed by atoms with Crippen molar-refractivity contribution in [1.82, 2.24) is 13.6 Å². The van der Waals surface area contributed by atoms with E-state index in [9.17, 15) is 4.79 Å². The van der Waals surface area contributed by atoms with Gasteiger partial charge >= 0.3 is 0 Å². The molecular formula is C7H9N3OS. The third-order valence-corrected chi connectivity index (χ3v) is 2.47. The van der Waals surface area contributed by atoms with Crippen LogP contribution in [0.4, 0.5) is 0 Å². The summed E-state index contributed by atoms with van der Waals surface area (Å²) in [5, 5.41) is 0. The summed E-state index contributed by atoms with van der Waals surface area (Å²) in [5.74, 6) is -0.00810. The van der Waals surface area contributed by atoms with Crippen LogP contribution in [0.25, 0.3) is 0 Å². The maximum Gasteiger partial charge on any atom is 0.275 e. The van der Waals surface area contributed by atoms with Crippen molar-refractivity contribution in [2.45, 2.75) is 18.9 Å². The Kier molecular flexibility index (Phi) is 1.80. The minimum absolute atomic E-state index is 0.00810. The van der Waals surface area contributed by atoms with E-state index in [1.165, 1.54) is 6.20 Å². The predicted molar refractivity (Wildman–Crippen MR) is 45.0 cm³/mol. The molecule has 1 aliphatic rings. The van der Waals surface area contributed by atoms with Gasteiger partial charge in [-0.15, -0.1) is 0 Å². The molecule has 5 heteroatoms. The topological polar surface area (TPSA) is 46.1 Å². The highest BCUT2D eigenvalue weighted by molar-refractivity contribution is 6.99. The van der Waals surface area contributed by atoms with E-state index in [2.05, 4.69) is 8.75 Å². The van der Waals surface area contributed by atoms with Gasteiger partial charge in [0.25, 0.3) is 5.91 Å². The first-order valence-electron chi connectivity index (χ1n) is 3.84. The van der Waals surface area contributed by atoms with Crippen LogP contribution in [0.2, 0.25) is 0 Å². The molecule has 64 valence electrons. The summed E-state index contributed by atoms with van der Waals surface area (Å²) in [7, 11) is 1.82. The lowest BCUT2D eigenvalue weighted by atomic mass is 10.4. The maximum absolute atomic E-state index is 11.5. The molecule has 0 radical (unpaired) electrons. The maximum atomic E-state index is 11.5. The lowest BCUT2D eigenvalue weighted by Crippen LogP contribution is -2.28. The van der Waals surface area contributed by atoms with Gasteiger partial charge in [-0.3, -0.25) is 4.79 Å². The Morgan fingerprint density at radius 2 is 2.50 bits per heavy atom. The molecule has 1 aromatic rings. The van der Waals surface area contributed by atoms with E-state index in [1.807, 2.05) is 7.05 Å². The minimum atomic E-state index is -0.00810. The van der Waals surface area contributed by atoms with Crippen molar-refractivity contribution in [2.75, 3.05) is 7.05 Å². The fourth-order valence-corrected chi connectivity index (χ4v) is 1.47. The van der Waals surface area contributed by atoms with Crippen molar-refractivity contribution >= 4 is 17.6 Å². The Balaban J connectivity index is 2.09. The van der Waals surface area contributed by atoms with Crippen molar-refractivity contribution in [2.24, 2.45) is 0 Å². The lowest BCUT2D eigenvalue weighted by molar-refractivity contribution is 0.0780. The molecule has 1 aromatic heterocycles. The van der Waals surface area contributed by atoms with Crippen molar-refractivity contribution in [1.29, 1.82) is 0 Å². The molecule has 12 heavy (non-hydrogen) atoms. The van der Waals surface area contributed by atoms with E-state index < -0.39 is 0 Å². The fourth-order valence-electron chi connectivity index (χ4n) is 1.07. The third-order valence-electron chi connectivity index (χ3n) is 2.00. The zero-order chi connectivity index (χ0) is 8.55. The van der Waals surface area contributed by atoms with E-state index in [0.717, 1.165) is 24.6 Å². The number of hydrogen-bond acceptors (Lipinski definition) is 4. The summed E-state index contributed by atoms with van der Waals surface area (Å²) in [6, 6.07) is 0.444. The molecular weight excluding hydrogens is 174 g/mol. The number of aromatic nitrogens is 2. The number of carbonyl (C=O) groups excluding carboxylic acids is 1.